The summed E-state index contributed by atoms with van der Waals surface area (Å²) in [6.07, 6.45) is 0.944. The van der Waals surface area contributed by atoms with E-state index in [4.69, 9.17) is 9.47 Å². The van der Waals surface area contributed by atoms with Crippen molar-refractivity contribution in [3.63, 3.8) is 0 Å². The fraction of sp³-hybridized carbons (Fsp3) is 0.562. The molecule has 0 amide bonds. The predicted octanol–water partition coefficient (Wildman–Crippen LogP) is 2.41. The van der Waals surface area contributed by atoms with E-state index >= 15 is 0 Å². The van der Waals surface area contributed by atoms with Crippen molar-refractivity contribution in [1.82, 2.24) is 10.6 Å². The summed E-state index contributed by atoms with van der Waals surface area (Å²) in [6.45, 7) is 6.47. The predicted molar refractivity (Wildman–Crippen MR) is 102 cm³/mol. The first-order chi connectivity index (χ1) is 10.4. The second-order valence-corrected chi connectivity index (χ2v) is 4.57. The lowest BCUT2D eigenvalue weighted by Crippen LogP contribution is -2.38. The monoisotopic (exact) mass is 421 g/mol. The number of hydrogen-bond acceptors (Lipinski definition) is 3. The van der Waals surface area contributed by atoms with Crippen LogP contribution in [-0.4, -0.2) is 46.0 Å². The number of guanidine groups is 1. The largest absolute Gasteiger partial charge is 0.382 e. The number of methoxy groups -OCH3 is 1. The molecule has 0 bridgehead atoms. The highest BCUT2D eigenvalue weighted by atomic mass is 127. The normalized spacial score (nSPS) is 10.9. The van der Waals surface area contributed by atoms with Gasteiger partial charge < -0.3 is 20.1 Å². The molecule has 0 unspecified atom stereocenters. The Morgan fingerprint density at radius 2 is 1.86 bits per heavy atom. The summed E-state index contributed by atoms with van der Waals surface area (Å²) in [5.41, 5.74) is 1.21. The summed E-state index contributed by atoms with van der Waals surface area (Å²) in [6, 6.07) is 10.2. The first-order valence-corrected chi connectivity index (χ1v) is 7.49. The fourth-order valence-electron chi connectivity index (χ4n) is 1.72. The molecule has 6 heteroatoms. The van der Waals surface area contributed by atoms with E-state index < -0.39 is 0 Å². The zero-order valence-electron chi connectivity index (χ0n) is 13.5. The van der Waals surface area contributed by atoms with Gasteiger partial charge in [0.25, 0.3) is 0 Å². The maximum absolute atomic E-state index is 5.42. The van der Waals surface area contributed by atoms with Crippen LogP contribution in [0.25, 0.3) is 0 Å². The molecule has 1 rings (SSSR count). The Kier molecular flexibility index (Phi) is 14.5. The first kappa shape index (κ1) is 21.1. The number of nitrogens with one attached hydrogen (secondary N) is 2. The van der Waals surface area contributed by atoms with Gasteiger partial charge in [-0.15, -0.1) is 24.0 Å². The zero-order chi connectivity index (χ0) is 15.2. The topological polar surface area (TPSA) is 54.9 Å². The van der Waals surface area contributed by atoms with Crippen LogP contribution in [0.1, 0.15) is 18.9 Å². The highest BCUT2D eigenvalue weighted by Crippen LogP contribution is 1.99. The molecule has 0 aliphatic rings. The second kappa shape index (κ2) is 15.1. The van der Waals surface area contributed by atoms with E-state index in [0.717, 1.165) is 32.1 Å². The van der Waals surface area contributed by atoms with E-state index in [-0.39, 0.29) is 24.0 Å². The third-order valence-electron chi connectivity index (χ3n) is 2.80. The van der Waals surface area contributed by atoms with E-state index in [1.165, 1.54) is 5.56 Å². The highest BCUT2D eigenvalue weighted by Gasteiger charge is 1.97. The number of benzene rings is 1. The summed E-state index contributed by atoms with van der Waals surface area (Å²) < 4.78 is 10.3. The first-order valence-electron chi connectivity index (χ1n) is 7.49. The SMILES string of the molecule is CCNC(=NCc1ccccc1)NCCCOCCOC.I. The molecule has 1 aromatic carbocycles. The lowest BCUT2D eigenvalue weighted by molar-refractivity contribution is 0.0698. The summed E-state index contributed by atoms with van der Waals surface area (Å²) in [7, 11) is 1.68. The lowest BCUT2D eigenvalue weighted by atomic mass is 10.2. The highest BCUT2D eigenvalue weighted by molar-refractivity contribution is 14.0. The smallest absolute Gasteiger partial charge is 0.191 e. The molecule has 0 radical (unpaired) electrons. The minimum Gasteiger partial charge on any atom is -0.382 e. The lowest BCUT2D eigenvalue weighted by Gasteiger charge is -2.11. The molecule has 126 valence electrons. The van der Waals surface area contributed by atoms with Gasteiger partial charge in [-0.25, -0.2) is 4.99 Å². The van der Waals surface area contributed by atoms with Crippen molar-refractivity contribution in [3.8, 4) is 0 Å². The molecule has 0 atom stereocenters. The molecular formula is C16H28IN3O2. The Balaban J connectivity index is 0.00000441. The standard InChI is InChI=1S/C16H27N3O2.HI/c1-3-17-16(18-10-7-11-21-13-12-20-2)19-14-15-8-5-4-6-9-15;/h4-6,8-9H,3,7,10-14H2,1-2H3,(H2,17,18,19);1H. The molecule has 0 saturated carbocycles. The molecule has 0 aromatic heterocycles. The Labute approximate surface area is 150 Å². The average molecular weight is 421 g/mol. The minimum atomic E-state index is 0. The van der Waals surface area contributed by atoms with Crippen LogP contribution in [0.5, 0.6) is 0 Å². The summed E-state index contributed by atoms with van der Waals surface area (Å²) in [5, 5.41) is 6.55. The van der Waals surface area contributed by atoms with Gasteiger partial charge in [0.05, 0.1) is 19.8 Å². The Morgan fingerprint density at radius 1 is 1.09 bits per heavy atom. The van der Waals surface area contributed by atoms with Crippen LogP contribution < -0.4 is 10.6 Å². The Morgan fingerprint density at radius 3 is 2.55 bits per heavy atom. The van der Waals surface area contributed by atoms with Crippen LogP contribution in [0.2, 0.25) is 0 Å². The van der Waals surface area contributed by atoms with Crippen LogP contribution in [0.4, 0.5) is 0 Å². The summed E-state index contributed by atoms with van der Waals surface area (Å²) in [4.78, 5) is 4.56. The van der Waals surface area contributed by atoms with E-state index in [9.17, 15) is 0 Å². The molecule has 22 heavy (non-hydrogen) atoms. The van der Waals surface area contributed by atoms with Gasteiger partial charge in [0.1, 0.15) is 0 Å². The van der Waals surface area contributed by atoms with Gasteiger partial charge in [-0.2, -0.15) is 0 Å². The number of hydrogen-bond donors (Lipinski definition) is 2. The van der Waals surface area contributed by atoms with E-state index in [1.54, 1.807) is 7.11 Å². The summed E-state index contributed by atoms with van der Waals surface area (Å²) >= 11 is 0. The van der Waals surface area contributed by atoms with Crippen LogP contribution in [0.3, 0.4) is 0 Å². The van der Waals surface area contributed by atoms with Crippen molar-refractivity contribution >= 4 is 29.9 Å². The van der Waals surface area contributed by atoms with Crippen molar-refractivity contribution < 1.29 is 9.47 Å². The van der Waals surface area contributed by atoms with Gasteiger partial charge in [-0.1, -0.05) is 30.3 Å². The molecule has 0 spiro atoms. The fourth-order valence-corrected chi connectivity index (χ4v) is 1.72. The van der Waals surface area contributed by atoms with Crippen molar-refractivity contribution in [1.29, 1.82) is 0 Å². The molecule has 0 fully saturated rings. The van der Waals surface area contributed by atoms with Gasteiger partial charge >= 0.3 is 0 Å². The number of nitrogens with zero attached hydrogens (tertiary/aromatic N) is 1. The van der Waals surface area contributed by atoms with Gasteiger partial charge in [-0.3, -0.25) is 0 Å². The molecule has 0 saturated heterocycles. The van der Waals surface area contributed by atoms with Crippen LogP contribution in [0.15, 0.2) is 35.3 Å². The Hall–Kier alpha value is -0.860. The van der Waals surface area contributed by atoms with Crippen molar-refractivity contribution in [3.05, 3.63) is 35.9 Å². The minimum absolute atomic E-state index is 0. The van der Waals surface area contributed by atoms with Gasteiger partial charge in [0.2, 0.25) is 0 Å². The molecule has 2 N–H and O–H groups in total. The van der Waals surface area contributed by atoms with Crippen molar-refractivity contribution in [2.24, 2.45) is 4.99 Å². The number of ether oxygens (including phenoxy) is 2. The van der Waals surface area contributed by atoms with Crippen LogP contribution >= 0.6 is 24.0 Å². The van der Waals surface area contributed by atoms with Crippen molar-refractivity contribution in [2.45, 2.75) is 19.9 Å². The molecule has 5 nitrogen and oxygen atoms in total. The van der Waals surface area contributed by atoms with E-state index in [1.807, 2.05) is 18.2 Å². The molecule has 0 heterocycles. The van der Waals surface area contributed by atoms with E-state index in [2.05, 4.69) is 34.7 Å². The van der Waals surface area contributed by atoms with Crippen LogP contribution in [0, 0.1) is 0 Å². The zero-order valence-corrected chi connectivity index (χ0v) is 15.8. The molecule has 0 aliphatic carbocycles. The molecular weight excluding hydrogens is 393 g/mol. The van der Waals surface area contributed by atoms with Gasteiger partial charge in [0, 0.05) is 26.8 Å². The molecule has 0 aliphatic heterocycles. The number of aliphatic imine (C=N–C) groups is 1. The Bertz CT molecular complexity index is 388. The van der Waals surface area contributed by atoms with Gasteiger partial charge in [0.15, 0.2) is 5.96 Å². The third kappa shape index (κ3) is 10.8. The number of rotatable bonds is 10. The molecule has 1 aromatic rings. The second-order valence-electron chi connectivity index (χ2n) is 4.57. The van der Waals surface area contributed by atoms with Crippen LogP contribution in [-0.2, 0) is 16.0 Å². The van der Waals surface area contributed by atoms with Gasteiger partial charge in [-0.05, 0) is 18.9 Å². The number of halogens is 1. The summed E-state index contributed by atoms with van der Waals surface area (Å²) in [5.74, 6) is 0.846. The third-order valence-corrected chi connectivity index (χ3v) is 2.80. The maximum atomic E-state index is 5.42. The van der Waals surface area contributed by atoms with E-state index in [0.29, 0.717) is 19.8 Å². The maximum Gasteiger partial charge on any atom is 0.191 e. The average Bonchev–Trinajstić information content (AvgIpc) is 2.52. The quantitative estimate of drug-likeness (QED) is 0.264. The van der Waals surface area contributed by atoms with Crippen molar-refractivity contribution in [2.75, 3.05) is 40.0 Å².